The van der Waals surface area contributed by atoms with Gasteiger partial charge in [0.05, 0.1) is 0 Å². The van der Waals surface area contributed by atoms with E-state index in [0.717, 1.165) is 51.5 Å². The van der Waals surface area contributed by atoms with Crippen LogP contribution >= 0.6 is 0 Å². The van der Waals surface area contributed by atoms with Crippen molar-refractivity contribution in [3.63, 3.8) is 0 Å². The summed E-state index contributed by atoms with van der Waals surface area (Å²) in [7, 11) is 3.94. The van der Waals surface area contributed by atoms with Crippen LogP contribution in [0.5, 0.6) is 0 Å². The Morgan fingerprint density at radius 1 is 1.35 bits per heavy atom. The average molecular weight is 360 g/mol. The average Bonchev–Trinajstić information content (AvgIpc) is 3.13. The van der Waals surface area contributed by atoms with Gasteiger partial charge in [-0.15, -0.1) is 0 Å². The summed E-state index contributed by atoms with van der Waals surface area (Å²) >= 11 is 0. The van der Waals surface area contributed by atoms with E-state index in [9.17, 15) is 4.79 Å². The lowest BCUT2D eigenvalue weighted by Crippen LogP contribution is -2.45. The topological polar surface area (TPSA) is 60.0 Å². The number of carbonyl (C=O) groups excluding carboxylic acids is 1. The third-order valence-corrected chi connectivity index (χ3v) is 4.71. The van der Waals surface area contributed by atoms with Crippen molar-refractivity contribution in [3.05, 3.63) is 35.9 Å². The van der Waals surface area contributed by atoms with Crippen LogP contribution in [-0.2, 0) is 11.3 Å². The fourth-order valence-corrected chi connectivity index (χ4v) is 3.25. The number of rotatable bonds is 8. The zero-order valence-corrected chi connectivity index (χ0v) is 16.4. The molecule has 2 rings (SSSR count). The van der Waals surface area contributed by atoms with Crippen molar-refractivity contribution in [1.82, 2.24) is 20.4 Å². The molecular formula is C20H33N5O. The molecule has 0 saturated carbocycles. The maximum absolute atomic E-state index is 11.8. The van der Waals surface area contributed by atoms with Crippen LogP contribution in [0.15, 0.2) is 35.3 Å². The van der Waals surface area contributed by atoms with E-state index in [1.54, 1.807) is 7.05 Å². The Morgan fingerprint density at radius 2 is 2.12 bits per heavy atom. The maximum Gasteiger partial charge on any atom is 0.222 e. The lowest BCUT2D eigenvalue weighted by Gasteiger charge is -2.20. The fraction of sp³-hybridized carbons (Fsp3) is 0.600. The van der Waals surface area contributed by atoms with E-state index in [4.69, 9.17) is 0 Å². The van der Waals surface area contributed by atoms with Crippen LogP contribution in [0.3, 0.4) is 0 Å². The van der Waals surface area contributed by atoms with Gasteiger partial charge in [-0.3, -0.25) is 9.79 Å². The van der Waals surface area contributed by atoms with Crippen molar-refractivity contribution in [1.29, 1.82) is 0 Å². The standard InChI is InChI=1S/C20H33N5O/c1-4-19(26)25-14-11-18(16-25)23-20(21-2)22-12-8-13-24(3)15-17-9-6-5-7-10-17/h5-7,9-10,18H,4,8,11-16H2,1-3H3,(H2,21,22,23). The molecule has 0 spiro atoms. The van der Waals surface area contributed by atoms with Gasteiger partial charge in [0.15, 0.2) is 5.96 Å². The first-order valence-electron chi connectivity index (χ1n) is 9.59. The van der Waals surface area contributed by atoms with Crippen LogP contribution in [0, 0.1) is 0 Å². The minimum Gasteiger partial charge on any atom is -0.356 e. The number of hydrogen-bond acceptors (Lipinski definition) is 3. The molecule has 1 aliphatic rings. The van der Waals surface area contributed by atoms with Gasteiger partial charge in [0, 0.05) is 45.7 Å². The van der Waals surface area contributed by atoms with E-state index < -0.39 is 0 Å². The minimum atomic E-state index is 0.235. The predicted octanol–water partition coefficient (Wildman–Crippen LogP) is 1.68. The molecule has 6 nitrogen and oxygen atoms in total. The summed E-state index contributed by atoms with van der Waals surface area (Å²) in [5.41, 5.74) is 1.34. The molecule has 26 heavy (non-hydrogen) atoms. The van der Waals surface area contributed by atoms with E-state index in [1.165, 1.54) is 5.56 Å². The first-order valence-corrected chi connectivity index (χ1v) is 9.59. The van der Waals surface area contributed by atoms with Gasteiger partial charge in [-0.25, -0.2) is 0 Å². The smallest absolute Gasteiger partial charge is 0.222 e. The number of nitrogens with one attached hydrogen (secondary N) is 2. The molecule has 0 bridgehead atoms. The second kappa shape index (κ2) is 10.8. The van der Waals surface area contributed by atoms with Gasteiger partial charge in [-0.05, 0) is 32.0 Å². The SMILES string of the molecule is CCC(=O)N1CCC(NC(=NC)NCCCN(C)Cc2ccccc2)C1. The monoisotopic (exact) mass is 359 g/mol. The zero-order chi connectivity index (χ0) is 18.8. The number of carbonyl (C=O) groups is 1. The highest BCUT2D eigenvalue weighted by Crippen LogP contribution is 2.10. The van der Waals surface area contributed by atoms with Gasteiger partial charge in [-0.2, -0.15) is 0 Å². The molecule has 0 aliphatic carbocycles. The molecule has 1 unspecified atom stereocenters. The quantitative estimate of drug-likeness (QED) is 0.421. The number of amides is 1. The molecule has 6 heteroatoms. The van der Waals surface area contributed by atoms with E-state index in [2.05, 4.69) is 51.8 Å². The number of likely N-dealkylation sites (tertiary alicyclic amines) is 1. The first kappa shape index (κ1) is 20.2. The Kier molecular flexibility index (Phi) is 8.41. The van der Waals surface area contributed by atoms with Crippen LogP contribution < -0.4 is 10.6 Å². The minimum absolute atomic E-state index is 0.235. The molecule has 1 saturated heterocycles. The van der Waals surface area contributed by atoms with Crippen molar-refractivity contribution >= 4 is 11.9 Å². The van der Waals surface area contributed by atoms with Crippen LogP contribution in [0.4, 0.5) is 0 Å². The highest BCUT2D eigenvalue weighted by molar-refractivity contribution is 5.80. The molecule has 144 valence electrons. The fourth-order valence-electron chi connectivity index (χ4n) is 3.25. The summed E-state index contributed by atoms with van der Waals surface area (Å²) < 4.78 is 0. The molecule has 1 aromatic carbocycles. The van der Waals surface area contributed by atoms with E-state index >= 15 is 0 Å². The Morgan fingerprint density at radius 3 is 2.81 bits per heavy atom. The van der Waals surface area contributed by atoms with Crippen molar-refractivity contribution in [2.45, 2.75) is 38.8 Å². The summed E-state index contributed by atoms with van der Waals surface area (Å²) in [5.74, 6) is 1.06. The number of aliphatic imine (C=N–C) groups is 1. The molecule has 1 atom stereocenters. The molecule has 2 N–H and O–H groups in total. The number of guanidine groups is 1. The van der Waals surface area contributed by atoms with Crippen LogP contribution in [-0.4, -0.2) is 68.0 Å². The highest BCUT2D eigenvalue weighted by atomic mass is 16.2. The normalized spacial score (nSPS) is 17.6. The predicted molar refractivity (Wildman–Crippen MR) is 107 cm³/mol. The molecule has 1 aliphatic heterocycles. The second-order valence-electron chi connectivity index (χ2n) is 6.90. The highest BCUT2D eigenvalue weighted by Gasteiger charge is 2.25. The molecular weight excluding hydrogens is 326 g/mol. The summed E-state index contributed by atoms with van der Waals surface area (Å²) in [4.78, 5) is 20.3. The zero-order valence-electron chi connectivity index (χ0n) is 16.4. The number of nitrogens with zero attached hydrogens (tertiary/aromatic N) is 3. The van der Waals surface area contributed by atoms with Crippen molar-refractivity contribution in [2.75, 3.05) is 40.3 Å². The van der Waals surface area contributed by atoms with Crippen LogP contribution in [0.2, 0.25) is 0 Å². The molecule has 0 aromatic heterocycles. The van der Waals surface area contributed by atoms with Gasteiger partial charge in [-0.1, -0.05) is 37.3 Å². The summed E-state index contributed by atoms with van der Waals surface area (Å²) in [6.07, 6.45) is 2.61. The number of hydrogen-bond donors (Lipinski definition) is 2. The van der Waals surface area contributed by atoms with Gasteiger partial charge in [0.25, 0.3) is 0 Å². The molecule has 0 radical (unpaired) electrons. The summed E-state index contributed by atoms with van der Waals surface area (Å²) in [6.45, 7) is 6.40. The van der Waals surface area contributed by atoms with Crippen molar-refractivity contribution in [3.8, 4) is 0 Å². The van der Waals surface area contributed by atoms with E-state index in [-0.39, 0.29) is 11.9 Å². The van der Waals surface area contributed by atoms with Gasteiger partial charge >= 0.3 is 0 Å². The first-order chi connectivity index (χ1) is 12.6. The second-order valence-corrected chi connectivity index (χ2v) is 6.90. The summed E-state index contributed by atoms with van der Waals surface area (Å²) in [6, 6.07) is 10.8. The van der Waals surface area contributed by atoms with E-state index in [0.29, 0.717) is 6.42 Å². The third kappa shape index (κ3) is 6.67. The van der Waals surface area contributed by atoms with Gasteiger partial charge in [0.1, 0.15) is 0 Å². The van der Waals surface area contributed by atoms with Gasteiger partial charge < -0.3 is 20.4 Å². The molecule has 1 amide bonds. The Balaban J connectivity index is 1.62. The lowest BCUT2D eigenvalue weighted by molar-refractivity contribution is -0.129. The molecule has 1 fully saturated rings. The lowest BCUT2D eigenvalue weighted by atomic mass is 10.2. The summed E-state index contributed by atoms with van der Waals surface area (Å²) in [5, 5.41) is 6.82. The van der Waals surface area contributed by atoms with Crippen molar-refractivity contribution in [2.24, 2.45) is 4.99 Å². The third-order valence-electron chi connectivity index (χ3n) is 4.71. The van der Waals surface area contributed by atoms with Crippen LogP contribution in [0.1, 0.15) is 31.7 Å². The van der Waals surface area contributed by atoms with E-state index in [1.807, 2.05) is 17.9 Å². The Bertz CT molecular complexity index is 575. The molecule has 1 aromatic rings. The van der Waals surface area contributed by atoms with Crippen molar-refractivity contribution < 1.29 is 4.79 Å². The Labute approximate surface area is 157 Å². The molecule has 1 heterocycles. The van der Waals surface area contributed by atoms with Gasteiger partial charge in [0.2, 0.25) is 5.91 Å². The van der Waals surface area contributed by atoms with Crippen LogP contribution in [0.25, 0.3) is 0 Å². The number of benzene rings is 1. The Hall–Kier alpha value is -2.08. The maximum atomic E-state index is 11.8. The largest absolute Gasteiger partial charge is 0.356 e.